The SMILES string of the molecule is CCCC(CC)Nc1cccc(N2CCNC2=O)c1. The van der Waals surface area contributed by atoms with Gasteiger partial charge >= 0.3 is 6.03 Å². The molecule has 2 amide bonds. The molecule has 1 aromatic carbocycles. The number of rotatable bonds is 6. The Morgan fingerprint density at radius 3 is 2.89 bits per heavy atom. The Bertz CT molecular complexity index is 433. The van der Waals surface area contributed by atoms with Crippen LogP contribution in [0.3, 0.4) is 0 Å². The number of nitrogens with zero attached hydrogens (tertiary/aromatic N) is 1. The van der Waals surface area contributed by atoms with Crippen LogP contribution in [0.15, 0.2) is 24.3 Å². The summed E-state index contributed by atoms with van der Waals surface area (Å²) in [5, 5.41) is 6.38. The molecule has 1 aromatic rings. The second kappa shape index (κ2) is 6.45. The minimum atomic E-state index is -0.00208. The Labute approximate surface area is 115 Å². The van der Waals surface area contributed by atoms with E-state index >= 15 is 0 Å². The molecule has 1 atom stereocenters. The van der Waals surface area contributed by atoms with E-state index in [0.717, 1.165) is 30.9 Å². The predicted molar refractivity (Wildman–Crippen MR) is 79.8 cm³/mol. The molecule has 1 saturated heterocycles. The van der Waals surface area contributed by atoms with Crippen molar-refractivity contribution < 1.29 is 4.79 Å². The van der Waals surface area contributed by atoms with Crippen molar-refractivity contribution in [1.29, 1.82) is 0 Å². The average Bonchev–Trinajstić information content (AvgIpc) is 2.85. The van der Waals surface area contributed by atoms with Crippen LogP contribution in [-0.2, 0) is 0 Å². The smallest absolute Gasteiger partial charge is 0.321 e. The summed E-state index contributed by atoms with van der Waals surface area (Å²) in [4.78, 5) is 13.4. The Kier molecular flexibility index (Phi) is 4.66. The number of anilines is 2. The zero-order chi connectivity index (χ0) is 13.7. The largest absolute Gasteiger partial charge is 0.382 e. The molecular weight excluding hydrogens is 238 g/mol. The zero-order valence-corrected chi connectivity index (χ0v) is 11.8. The molecule has 1 unspecified atom stereocenters. The number of nitrogens with one attached hydrogen (secondary N) is 2. The monoisotopic (exact) mass is 261 g/mol. The van der Waals surface area contributed by atoms with Crippen molar-refractivity contribution in [2.24, 2.45) is 0 Å². The number of hydrogen-bond acceptors (Lipinski definition) is 2. The molecule has 0 saturated carbocycles. The third kappa shape index (κ3) is 3.40. The summed E-state index contributed by atoms with van der Waals surface area (Å²) in [5.74, 6) is 0. The molecule has 0 spiro atoms. The highest BCUT2D eigenvalue weighted by molar-refractivity contribution is 5.94. The summed E-state index contributed by atoms with van der Waals surface area (Å²) < 4.78 is 0. The molecule has 1 aliphatic heterocycles. The van der Waals surface area contributed by atoms with E-state index in [1.165, 1.54) is 12.8 Å². The first-order valence-electron chi connectivity index (χ1n) is 7.16. The van der Waals surface area contributed by atoms with Gasteiger partial charge in [-0.1, -0.05) is 26.3 Å². The van der Waals surface area contributed by atoms with Crippen LogP contribution < -0.4 is 15.5 Å². The molecule has 4 heteroatoms. The first-order valence-corrected chi connectivity index (χ1v) is 7.16. The molecule has 1 fully saturated rings. The van der Waals surface area contributed by atoms with Gasteiger partial charge in [-0.05, 0) is 31.0 Å². The molecule has 1 heterocycles. The predicted octanol–water partition coefficient (Wildman–Crippen LogP) is 3.21. The first kappa shape index (κ1) is 13.7. The van der Waals surface area contributed by atoms with Gasteiger partial charge in [0.05, 0.1) is 0 Å². The zero-order valence-electron chi connectivity index (χ0n) is 11.8. The van der Waals surface area contributed by atoms with Crippen molar-refractivity contribution in [3.63, 3.8) is 0 Å². The molecule has 2 rings (SSSR count). The normalized spacial score (nSPS) is 16.3. The van der Waals surface area contributed by atoms with E-state index in [0.29, 0.717) is 6.04 Å². The van der Waals surface area contributed by atoms with Crippen molar-refractivity contribution in [2.45, 2.75) is 39.2 Å². The van der Waals surface area contributed by atoms with Gasteiger partial charge in [-0.3, -0.25) is 4.90 Å². The topological polar surface area (TPSA) is 44.4 Å². The van der Waals surface area contributed by atoms with E-state index < -0.39 is 0 Å². The highest BCUT2D eigenvalue weighted by Crippen LogP contribution is 2.22. The molecule has 4 nitrogen and oxygen atoms in total. The Balaban J connectivity index is 2.08. The summed E-state index contributed by atoms with van der Waals surface area (Å²) in [7, 11) is 0. The third-order valence-corrected chi connectivity index (χ3v) is 3.52. The lowest BCUT2D eigenvalue weighted by atomic mass is 10.1. The minimum absolute atomic E-state index is 0.00208. The number of carbonyl (C=O) groups is 1. The van der Waals surface area contributed by atoms with Gasteiger partial charge in [0.25, 0.3) is 0 Å². The van der Waals surface area contributed by atoms with Gasteiger partial charge in [0.2, 0.25) is 0 Å². The van der Waals surface area contributed by atoms with Gasteiger partial charge in [0.1, 0.15) is 0 Å². The molecular formula is C15H23N3O. The highest BCUT2D eigenvalue weighted by Gasteiger charge is 2.21. The van der Waals surface area contributed by atoms with E-state index in [4.69, 9.17) is 0 Å². The molecule has 1 aliphatic rings. The minimum Gasteiger partial charge on any atom is -0.382 e. The summed E-state index contributed by atoms with van der Waals surface area (Å²) >= 11 is 0. The van der Waals surface area contributed by atoms with Crippen molar-refractivity contribution in [1.82, 2.24) is 5.32 Å². The maximum Gasteiger partial charge on any atom is 0.321 e. The quantitative estimate of drug-likeness (QED) is 0.826. The van der Waals surface area contributed by atoms with Crippen LogP contribution >= 0.6 is 0 Å². The van der Waals surface area contributed by atoms with Gasteiger partial charge in [0, 0.05) is 30.5 Å². The number of carbonyl (C=O) groups excluding carboxylic acids is 1. The second-order valence-electron chi connectivity index (χ2n) is 4.97. The Morgan fingerprint density at radius 2 is 2.26 bits per heavy atom. The van der Waals surface area contributed by atoms with E-state index in [-0.39, 0.29) is 6.03 Å². The lowest BCUT2D eigenvalue weighted by Gasteiger charge is -2.20. The molecule has 0 aliphatic carbocycles. The summed E-state index contributed by atoms with van der Waals surface area (Å²) in [6.07, 6.45) is 3.47. The molecule has 19 heavy (non-hydrogen) atoms. The van der Waals surface area contributed by atoms with Crippen LogP contribution in [0.1, 0.15) is 33.1 Å². The maximum absolute atomic E-state index is 11.7. The van der Waals surface area contributed by atoms with E-state index in [9.17, 15) is 4.79 Å². The molecule has 2 N–H and O–H groups in total. The van der Waals surface area contributed by atoms with Crippen molar-refractivity contribution in [3.8, 4) is 0 Å². The second-order valence-corrected chi connectivity index (χ2v) is 4.97. The number of urea groups is 1. The summed E-state index contributed by atoms with van der Waals surface area (Å²) in [6, 6.07) is 8.61. The van der Waals surface area contributed by atoms with Crippen LogP contribution in [0.2, 0.25) is 0 Å². The van der Waals surface area contributed by atoms with E-state index in [2.05, 4.69) is 36.6 Å². The van der Waals surface area contributed by atoms with Gasteiger partial charge < -0.3 is 10.6 Å². The van der Waals surface area contributed by atoms with Crippen LogP contribution in [0.4, 0.5) is 16.2 Å². The molecule has 0 bridgehead atoms. The fraction of sp³-hybridized carbons (Fsp3) is 0.533. The van der Waals surface area contributed by atoms with Gasteiger partial charge in [-0.15, -0.1) is 0 Å². The number of benzene rings is 1. The maximum atomic E-state index is 11.7. The van der Waals surface area contributed by atoms with Gasteiger partial charge in [0.15, 0.2) is 0 Å². The van der Waals surface area contributed by atoms with Crippen LogP contribution in [-0.4, -0.2) is 25.2 Å². The van der Waals surface area contributed by atoms with Gasteiger partial charge in [-0.2, -0.15) is 0 Å². The molecule has 0 radical (unpaired) electrons. The van der Waals surface area contributed by atoms with Crippen LogP contribution in [0.25, 0.3) is 0 Å². The lowest BCUT2D eigenvalue weighted by molar-refractivity contribution is 0.252. The van der Waals surface area contributed by atoms with Crippen LogP contribution in [0.5, 0.6) is 0 Å². The number of amides is 2. The van der Waals surface area contributed by atoms with Gasteiger partial charge in [-0.25, -0.2) is 4.79 Å². The number of hydrogen-bond donors (Lipinski definition) is 2. The third-order valence-electron chi connectivity index (χ3n) is 3.52. The Hall–Kier alpha value is -1.71. The lowest BCUT2D eigenvalue weighted by Crippen LogP contribution is -2.27. The fourth-order valence-corrected chi connectivity index (χ4v) is 2.44. The van der Waals surface area contributed by atoms with E-state index in [1.807, 2.05) is 12.1 Å². The Morgan fingerprint density at radius 1 is 1.42 bits per heavy atom. The van der Waals surface area contributed by atoms with Crippen molar-refractivity contribution in [2.75, 3.05) is 23.3 Å². The van der Waals surface area contributed by atoms with E-state index in [1.54, 1.807) is 4.90 Å². The summed E-state index contributed by atoms with van der Waals surface area (Å²) in [6.45, 7) is 5.87. The van der Waals surface area contributed by atoms with Crippen molar-refractivity contribution >= 4 is 17.4 Å². The highest BCUT2D eigenvalue weighted by atomic mass is 16.2. The standard InChI is InChI=1S/C15H23N3O/c1-3-6-12(4-2)17-13-7-5-8-14(11-13)18-10-9-16-15(18)19/h5,7-8,11-12,17H,3-4,6,9-10H2,1-2H3,(H,16,19). The molecule has 0 aromatic heterocycles. The average molecular weight is 261 g/mol. The van der Waals surface area contributed by atoms with Crippen molar-refractivity contribution in [3.05, 3.63) is 24.3 Å². The fourth-order valence-electron chi connectivity index (χ4n) is 2.44. The van der Waals surface area contributed by atoms with Crippen LogP contribution in [0, 0.1) is 0 Å². The first-order chi connectivity index (χ1) is 9.24. The summed E-state index contributed by atoms with van der Waals surface area (Å²) in [5.41, 5.74) is 2.06. The molecule has 104 valence electrons.